The molecular formula is C24H21F3N6O. The Kier molecular flexibility index (Phi) is 5.97. The first-order valence-electron chi connectivity index (χ1n) is 10.3. The van der Waals surface area contributed by atoms with Gasteiger partial charge in [0, 0.05) is 29.1 Å². The lowest BCUT2D eigenvalue weighted by Gasteiger charge is -2.11. The Bertz CT molecular complexity index is 1350. The minimum atomic E-state index is -4.52. The second-order valence-electron chi connectivity index (χ2n) is 7.67. The molecular weight excluding hydrogens is 445 g/mol. The van der Waals surface area contributed by atoms with Gasteiger partial charge in [-0.15, -0.1) is 0 Å². The van der Waals surface area contributed by atoms with Crippen LogP contribution in [0.25, 0.3) is 16.9 Å². The summed E-state index contributed by atoms with van der Waals surface area (Å²) in [5.41, 5.74) is 14.4. The molecule has 2 aromatic heterocycles. The van der Waals surface area contributed by atoms with Gasteiger partial charge in [0.05, 0.1) is 11.8 Å². The van der Waals surface area contributed by atoms with E-state index >= 15 is 0 Å². The van der Waals surface area contributed by atoms with E-state index in [0.717, 1.165) is 22.4 Å². The minimum Gasteiger partial charge on any atom is -0.398 e. The number of nitrogens with one attached hydrogen (secondary N) is 1. The first kappa shape index (κ1) is 22.8. The van der Waals surface area contributed by atoms with E-state index in [1.165, 1.54) is 13.1 Å². The molecule has 0 saturated carbocycles. The van der Waals surface area contributed by atoms with Crippen LogP contribution in [0, 0.1) is 6.92 Å². The van der Waals surface area contributed by atoms with Crippen LogP contribution in [0.1, 0.15) is 27.2 Å². The van der Waals surface area contributed by atoms with Crippen molar-refractivity contribution < 1.29 is 18.0 Å². The van der Waals surface area contributed by atoms with Gasteiger partial charge in [-0.25, -0.2) is 4.98 Å². The number of para-hydroxylation sites is 1. The Morgan fingerprint density at radius 1 is 1.06 bits per heavy atom. The quantitative estimate of drug-likeness (QED) is 0.379. The van der Waals surface area contributed by atoms with Gasteiger partial charge in [0.2, 0.25) is 0 Å². The molecule has 0 radical (unpaired) electrons. The van der Waals surface area contributed by atoms with Crippen molar-refractivity contribution in [2.24, 2.45) is 0 Å². The summed E-state index contributed by atoms with van der Waals surface area (Å²) in [4.78, 5) is 16.6. The summed E-state index contributed by atoms with van der Waals surface area (Å²) in [7, 11) is 0. The molecule has 0 fully saturated rings. The first-order chi connectivity index (χ1) is 16.1. The number of nitrogens with zero attached hydrogens (tertiary/aromatic N) is 3. The highest BCUT2D eigenvalue weighted by atomic mass is 19.4. The fraction of sp³-hybridized carbons (Fsp3) is 0.125. The number of pyridine rings is 1. The third-order valence-corrected chi connectivity index (χ3v) is 5.24. The molecule has 0 unspecified atom stereocenters. The van der Waals surface area contributed by atoms with E-state index in [2.05, 4.69) is 15.4 Å². The fourth-order valence-corrected chi connectivity index (χ4v) is 3.46. The number of hydrogen-bond acceptors (Lipinski definition) is 5. The number of rotatable bonds is 5. The maximum Gasteiger partial charge on any atom is 0.416 e. The number of carbonyl (C=O) groups is 1. The minimum absolute atomic E-state index is 0.0349. The van der Waals surface area contributed by atoms with Crippen LogP contribution >= 0.6 is 0 Å². The van der Waals surface area contributed by atoms with Crippen LogP contribution in [0.5, 0.6) is 0 Å². The van der Waals surface area contributed by atoms with Gasteiger partial charge in [0.1, 0.15) is 5.82 Å². The van der Waals surface area contributed by atoms with Crippen LogP contribution in [0.2, 0.25) is 0 Å². The topological polar surface area (TPSA) is 112 Å². The van der Waals surface area contributed by atoms with Crippen molar-refractivity contribution in [1.29, 1.82) is 0 Å². The second-order valence-corrected chi connectivity index (χ2v) is 7.67. The Morgan fingerprint density at radius 3 is 2.44 bits per heavy atom. The van der Waals surface area contributed by atoms with Gasteiger partial charge < -0.3 is 16.8 Å². The number of hydrogen-bond donors (Lipinski definition) is 3. The number of carbonyl (C=O) groups excluding carboxylic acids is 1. The van der Waals surface area contributed by atoms with Gasteiger partial charge in [-0.1, -0.05) is 30.3 Å². The third-order valence-electron chi connectivity index (χ3n) is 5.24. The lowest BCUT2D eigenvalue weighted by molar-refractivity contribution is -0.137. The summed E-state index contributed by atoms with van der Waals surface area (Å²) in [6, 6.07) is 15.7. The van der Waals surface area contributed by atoms with Gasteiger partial charge in [0.25, 0.3) is 5.91 Å². The Balaban J connectivity index is 1.54. The zero-order valence-corrected chi connectivity index (χ0v) is 18.1. The van der Waals surface area contributed by atoms with E-state index in [1.807, 2.05) is 18.2 Å². The maximum atomic E-state index is 13.2. The highest BCUT2D eigenvalue weighted by molar-refractivity contribution is 5.94. The average Bonchev–Trinajstić information content (AvgIpc) is 3.18. The van der Waals surface area contributed by atoms with Gasteiger partial charge in [-0.2, -0.15) is 23.0 Å². The number of alkyl halides is 3. The van der Waals surface area contributed by atoms with Gasteiger partial charge in [-0.05, 0) is 48.4 Å². The monoisotopic (exact) mass is 466 g/mol. The van der Waals surface area contributed by atoms with Crippen LogP contribution in [-0.4, -0.2) is 20.7 Å². The van der Waals surface area contributed by atoms with E-state index in [0.29, 0.717) is 22.4 Å². The van der Waals surface area contributed by atoms with Crippen LogP contribution in [0.4, 0.5) is 24.7 Å². The fourth-order valence-electron chi connectivity index (χ4n) is 3.46. The van der Waals surface area contributed by atoms with E-state index in [4.69, 9.17) is 11.5 Å². The van der Waals surface area contributed by atoms with Crippen molar-refractivity contribution in [2.75, 3.05) is 11.5 Å². The number of benzene rings is 2. The SMILES string of the molecule is Cc1cc(C(F)(F)F)cc(-n2ncc(-c3ccc(C(=O)NCc4ccccc4N)cc3)c2N)n1. The number of halogens is 3. The van der Waals surface area contributed by atoms with Crippen LogP contribution in [-0.2, 0) is 12.7 Å². The number of amides is 1. The lowest BCUT2D eigenvalue weighted by Crippen LogP contribution is -2.23. The molecule has 0 spiro atoms. The molecule has 34 heavy (non-hydrogen) atoms. The standard InChI is InChI=1S/C24H21F3N6O/c1-14-10-18(24(25,26)27)11-21(32-14)33-22(29)19(13-31-33)15-6-8-16(9-7-15)23(34)30-12-17-4-2-3-5-20(17)28/h2-11,13H,12,28-29H2,1H3,(H,30,34). The molecule has 2 aromatic carbocycles. The van der Waals surface area contributed by atoms with Gasteiger partial charge in [-0.3, -0.25) is 4.79 Å². The molecule has 4 rings (SSSR count). The molecule has 0 aliphatic heterocycles. The molecule has 0 aliphatic rings. The molecule has 0 saturated heterocycles. The Hall–Kier alpha value is -4.34. The predicted molar refractivity (Wildman–Crippen MR) is 123 cm³/mol. The summed E-state index contributed by atoms with van der Waals surface area (Å²) in [5, 5.41) is 6.94. The largest absolute Gasteiger partial charge is 0.416 e. The number of anilines is 2. The van der Waals surface area contributed by atoms with Crippen molar-refractivity contribution in [3.8, 4) is 16.9 Å². The van der Waals surface area contributed by atoms with Crippen molar-refractivity contribution in [2.45, 2.75) is 19.6 Å². The second kappa shape index (κ2) is 8.89. The molecule has 10 heteroatoms. The highest BCUT2D eigenvalue weighted by Crippen LogP contribution is 2.32. The summed E-state index contributed by atoms with van der Waals surface area (Å²) in [6.45, 7) is 1.76. The number of aryl methyl sites for hydroxylation is 1. The van der Waals surface area contributed by atoms with E-state index < -0.39 is 11.7 Å². The predicted octanol–water partition coefficient (Wildman–Crippen LogP) is 4.36. The third kappa shape index (κ3) is 4.70. The van der Waals surface area contributed by atoms with E-state index in [9.17, 15) is 18.0 Å². The maximum absolute atomic E-state index is 13.2. The molecule has 5 N–H and O–H groups in total. The number of aromatic nitrogens is 3. The van der Waals surface area contributed by atoms with Crippen LogP contribution in [0.3, 0.4) is 0 Å². The van der Waals surface area contributed by atoms with E-state index in [1.54, 1.807) is 30.3 Å². The van der Waals surface area contributed by atoms with Gasteiger partial charge >= 0.3 is 6.18 Å². The molecule has 174 valence electrons. The van der Waals surface area contributed by atoms with Gasteiger partial charge in [0.15, 0.2) is 5.82 Å². The highest BCUT2D eigenvalue weighted by Gasteiger charge is 2.31. The summed E-state index contributed by atoms with van der Waals surface area (Å²) >= 11 is 0. The van der Waals surface area contributed by atoms with Crippen molar-refractivity contribution in [3.63, 3.8) is 0 Å². The molecule has 1 amide bonds. The van der Waals surface area contributed by atoms with Crippen molar-refractivity contribution in [3.05, 3.63) is 89.2 Å². The van der Waals surface area contributed by atoms with Crippen LogP contribution < -0.4 is 16.8 Å². The smallest absolute Gasteiger partial charge is 0.398 e. The Labute approximate surface area is 193 Å². The van der Waals surface area contributed by atoms with Crippen molar-refractivity contribution >= 4 is 17.4 Å². The lowest BCUT2D eigenvalue weighted by atomic mass is 10.1. The zero-order valence-electron chi connectivity index (χ0n) is 18.1. The molecule has 0 bridgehead atoms. The summed E-state index contributed by atoms with van der Waals surface area (Å²) < 4.78 is 40.7. The van der Waals surface area contributed by atoms with Crippen molar-refractivity contribution in [1.82, 2.24) is 20.1 Å². The molecule has 0 atom stereocenters. The Morgan fingerprint density at radius 2 is 1.76 bits per heavy atom. The zero-order chi connectivity index (χ0) is 24.5. The normalized spacial score (nSPS) is 11.4. The summed E-state index contributed by atoms with van der Waals surface area (Å²) in [6.07, 6.45) is -3.07. The average molecular weight is 466 g/mol. The molecule has 0 aliphatic carbocycles. The number of nitrogen functional groups attached to an aromatic ring is 2. The molecule has 2 heterocycles. The summed E-state index contributed by atoms with van der Waals surface area (Å²) in [5.74, 6) is -0.183. The van der Waals surface area contributed by atoms with E-state index in [-0.39, 0.29) is 29.8 Å². The molecule has 4 aromatic rings. The number of nitrogens with two attached hydrogens (primary N) is 2. The van der Waals surface area contributed by atoms with Crippen LogP contribution in [0.15, 0.2) is 66.9 Å². The molecule has 7 nitrogen and oxygen atoms in total. The first-order valence-corrected chi connectivity index (χ1v) is 10.3.